The van der Waals surface area contributed by atoms with Gasteiger partial charge >= 0.3 is 7.60 Å². The normalized spacial score (nSPS) is 13.4. The first-order valence-corrected chi connectivity index (χ1v) is 8.48. The van der Waals surface area contributed by atoms with Gasteiger partial charge in [-0.05, 0) is 38.1 Å². The van der Waals surface area contributed by atoms with Crippen molar-refractivity contribution in [1.82, 2.24) is 5.32 Å². The molecule has 0 radical (unpaired) electrons. The summed E-state index contributed by atoms with van der Waals surface area (Å²) in [7, 11) is -3.38. The van der Waals surface area contributed by atoms with Gasteiger partial charge in [-0.25, -0.2) is 0 Å². The maximum Gasteiger partial charge on any atom is 0.355 e. The largest absolute Gasteiger partial charge is 0.468 e. The standard InChI is InChI=1S/C14H20NO5P/c1-3-19-21(16,20-4-2)14(13-8-6-10-18-13)15-11-12-7-5-9-17-12/h5-10,14-15H,3-4,11H2,1-2H3. The Morgan fingerprint density at radius 2 is 1.81 bits per heavy atom. The van der Waals surface area contributed by atoms with Crippen LogP contribution in [0.1, 0.15) is 31.2 Å². The van der Waals surface area contributed by atoms with Crippen molar-refractivity contribution < 1.29 is 22.4 Å². The molecular weight excluding hydrogens is 293 g/mol. The van der Waals surface area contributed by atoms with E-state index in [-0.39, 0.29) is 13.2 Å². The van der Waals surface area contributed by atoms with Crippen LogP contribution in [0.4, 0.5) is 0 Å². The molecule has 0 spiro atoms. The Balaban J connectivity index is 2.20. The highest BCUT2D eigenvalue weighted by Crippen LogP contribution is 2.59. The van der Waals surface area contributed by atoms with Gasteiger partial charge in [0.25, 0.3) is 0 Å². The zero-order valence-corrected chi connectivity index (χ0v) is 13.0. The molecule has 0 saturated heterocycles. The first-order valence-electron chi connectivity index (χ1n) is 6.87. The van der Waals surface area contributed by atoms with E-state index in [1.54, 1.807) is 38.3 Å². The van der Waals surface area contributed by atoms with Crippen molar-refractivity contribution in [3.63, 3.8) is 0 Å². The second-order valence-corrected chi connectivity index (χ2v) is 6.37. The van der Waals surface area contributed by atoms with E-state index in [1.807, 2.05) is 6.07 Å². The molecule has 0 bridgehead atoms. The van der Waals surface area contributed by atoms with Crippen LogP contribution in [0, 0.1) is 0 Å². The zero-order valence-electron chi connectivity index (χ0n) is 12.2. The van der Waals surface area contributed by atoms with Crippen molar-refractivity contribution >= 4 is 7.60 Å². The molecule has 21 heavy (non-hydrogen) atoms. The van der Waals surface area contributed by atoms with Gasteiger partial charge in [-0.3, -0.25) is 9.88 Å². The predicted octanol–water partition coefficient (Wildman–Crippen LogP) is 3.93. The average molecular weight is 313 g/mol. The van der Waals surface area contributed by atoms with Gasteiger partial charge in [0.1, 0.15) is 11.5 Å². The van der Waals surface area contributed by atoms with Crippen LogP contribution in [-0.4, -0.2) is 13.2 Å². The van der Waals surface area contributed by atoms with Gasteiger partial charge in [0.15, 0.2) is 5.78 Å². The third-order valence-electron chi connectivity index (χ3n) is 2.80. The van der Waals surface area contributed by atoms with Crippen LogP contribution in [-0.2, 0) is 20.2 Å². The number of hydrogen-bond acceptors (Lipinski definition) is 6. The van der Waals surface area contributed by atoms with Crippen molar-refractivity contribution in [2.45, 2.75) is 26.2 Å². The lowest BCUT2D eigenvalue weighted by molar-refractivity contribution is 0.203. The topological polar surface area (TPSA) is 73.8 Å². The quantitative estimate of drug-likeness (QED) is 0.707. The maximum absolute atomic E-state index is 13.0. The maximum atomic E-state index is 13.0. The lowest BCUT2D eigenvalue weighted by atomic mass is 10.4. The summed E-state index contributed by atoms with van der Waals surface area (Å²) in [5, 5.41) is 3.13. The second kappa shape index (κ2) is 7.61. The van der Waals surface area contributed by atoms with E-state index in [9.17, 15) is 4.57 Å². The number of nitrogens with one attached hydrogen (secondary N) is 1. The molecule has 2 aromatic rings. The van der Waals surface area contributed by atoms with E-state index in [1.165, 1.54) is 6.26 Å². The Morgan fingerprint density at radius 3 is 2.33 bits per heavy atom. The summed E-state index contributed by atoms with van der Waals surface area (Å²) < 4.78 is 34.4. The molecule has 0 aliphatic carbocycles. The van der Waals surface area contributed by atoms with Crippen LogP contribution in [0.5, 0.6) is 0 Å². The molecule has 0 fully saturated rings. The van der Waals surface area contributed by atoms with Gasteiger partial charge in [0.2, 0.25) is 0 Å². The summed E-state index contributed by atoms with van der Waals surface area (Å²) in [6.45, 7) is 4.52. The summed E-state index contributed by atoms with van der Waals surface area (Å²) in [5.41, 5.74) is 0. The first kappa shape index (κ1) is 16.0. The fourth-order valence-electron chi connectivity index (χ4n) is 1.97. The SMILES string of the molecule is CCOP(=O)(OCC)C(NCc1ccco1)c1ccco1. The zero-order chi connectivity index (χ0) is 15.1. The Labute approximate surface area is 124 Å². The number of hydrogen-bond donors (Lipinski definition) is 1. The van der Waals surface area contributed by atoms with Gasteiger partial charge in [0, 0.05) is 0 Å². The number of furan rings is 2. The smallest absolute Gasteiger partial charge is 0.355 e. The minimum absolute atomic E-state index is 0.289. The Kier molecular flexibility index (Phi) is 5.82. The Hall–Kier alpha value is -1.33. The molecule has 0 aliphatic heterocycles. The molecule has 1 N–H and O–H groups in total. The summed E-state index contributed by atoms with van der Waals surface area (Å²) in [6, 6.07) is 7.10. The first-order chi connectivity index (χ1) is 10.2. The average Bonchev–Trinajstić information content (AvgIpc) is 3.12. The van der Waals surface area contributed by atoms with E-state index in [2.05, 4.69) is 5.32 Å². The molecule has 1 unspecified atom stereocenters. The molecule has 7 heteroatoms. The highest BCUT2D eigenvalue weighted by molar-refractivity contribution is 7.54. The molecule has 0 saturated carbocycles. The highest BCUT2D eigenvalue weighted by atomic mass is 31.2. The van der Waals surface area contributed by atoms with Crippen molar-refractivity contribution in [2.24, 2.45) is 0 Å². The molecule has 1 atom stereocenters. The van der Waals surface area contributed by atoms with Crippen molar-refractivity contribution in [3.8, 4) is 0 Å². The summed E-state index contributed by atoms with van der Waals surface area (Å²) in [5.74, 6) is 0.551. The van der Waals surface area contributed by atoms with Crippen molar-refractivity contribution in [1.29, 1.82) is 0 Å². The Bertz CT molecular complexity index is 542. The minimum Gasteiger partial charge on any atom is -0.468 e. The molecule has 116 valence electrons. The Morgan fingerprint density at radius 1 is 1.14 bits per heavy atom. The minimum atomic E-state index is -3.38. The third kappa shape index (κ3) is 4.08. The van der Waals surface area contributed by atoms with Crippen LogP contribution in [0.2, 0.25) is 0 Å². The van der Waals surface area contributed by atoms with Gasteiger partial charge in [0.05, 0.1) is 32.3 Å². The molecule has 0 amide bonds. The van der Waals surface area contributed by atoms with E-state index in [4.69, 9.17) is 17.9 Å². The van der Waals surface area contributed by atoms with E-state index < -0.39 is 13.4 Å². The van der Waals surface area contributed by atoms with Gasteiger partial charge in [-0.2, -0.15) is 0 Å². The second-order valence-electron chi connectivity index (χ2n) is 4.25. The molecule has 2 aromatic heterocycles. The number of rotatable bonds is 9. The molecular formula is C14H20NO5P. The third-order valence-corrected chi connectivity index (χ3v) is 5.10. The fourth-order valence-corrected chi connectivity index (χ4v) is 3.84. The van der Waals surface area contributed by atoms with Gasteiger partial charge < -0.3 is 17.9 Å². The molecule has 2 rings (SSSR count). The predicted molar refractivity (Wildman–Crippen MR) is 77.9 cm³/mol. The van der Waals surface area contributed by atoms with Crippen LogP contribution >= 0.6 is 7.60 Å². The lowest BCUT2D eigenvalue weighted by Gasteiger charge is -2.25. The lowest BCUT2D eigenvalue weighted by Crippen LogP contribution is -2.22. The van der Waals surface area contributed by atoms with Crippen LogP contribution in [0.3, 0.4) is 0 Å². The highest BCUT2D eigenvalue weighted by Gasteiger charge is 2.38. The summed E-state index contributed by atoms with van der Waals surface area (Å²) >= 11 is 0. The monoisotopic (exact) mass is 313 g/mol. The van der Waals surface area contributed by atoms with Crippen LogP contribution in [0.25, 0.3) is 0 Å². The van der Waals surface area contributed by atoms with Crippen molar-refractivity contribution in [2.75, 3.05) is 13.2 Å². The van der Waals surface area contributed by atoms with Gasteiger partial charge in [-0.15, -0.1) is 0 Å². The molecule has 2 heterocycles. The molecule has 0 aromatic carbocycles. The van der Waals surface area contributed by atoms with E-state index in [0.29, 0.717) is 12.3 Å². The summed E-state index contributed by atoms with van der Waals surface area (Å²) in [6.07, 6.45) is 3.11. The van der Waals surface area contributed by atoms with Crippen LogP contribution < -0.4 is 5.32 Å². The van der Waals surface area contributed by atoms with E-state index in [0.717, 1.165) is 5.76 Å². The van der Waals surface area contributed by atoms with Gasteiger partial charge in [-0.1, -0.05) is 0 Å². The fraction of sp³-hybridized carbons (Fsp3) is 0.429. The van der Waals surface area contributed by atoms with Crippen molar-refractivity contribution in [3.05, 3.63) is 48.3 Å². The molecule has 0 aliphatic rings. The molecule has 6 nitrogen and oxygen atoms in total. The van der Waals surface area contributed by atoms with E-state index >= 15 is 0 Å². The summed E-state index contributed by atoms with van der Waals surface area (Å²) in [4.78, 5) is 0. The van der Waals surface area contributed by atoms with Crippen LogP contribution in [0.15, 0.2) is 45.6 Å².